The van der Waals surface area contributed by atoms with Crippen LogP contribution in [0.4, 0.5) is 5.82 Å². The maximum atomic E-state index is 13.7. The van der Waals surface area contributed by atoms with Crippen LogP contribution in [0, 0.1) is 5.92 Å². The zero-order chi connectivity index (χ0) is 24.8. The number of amides is 1. The monoisotopic (exact) mass is 481 g/mol. The molecule has 0 radical (unpaired) electrons. The minimum Gasteiger partial charge on any atom is -0.497 e. The van der Waals surface area contributed by atoms with Gasteiger partial charge in [0.05, 0.1) is 19.0 Å². The molecule has 0 spiro atoms. The van der Waals surface area contributed by atoms with E-state index in [1.54, 1.807) is 17.9 Å². The predicted octanol–water partition coefficient (Wildman–Crippen LogP) is 3.15. The standard InChI is InChI=1S/C27H39N5O3/c1-20(2)29-25(33)19-32-24(22-8-7-9-23(16-22)35-3)17-28-26(27(32)34)31-15-11-21(18-31)10-14-30-12-5-4-6-13-30/h7-9,16-17,20-21H,4-6,10-15,18-19H2,1-3H3,(H,29,33). The number of carbonyl (C=O) groups excluding carboxylic acids is 1. The molecule has 1 N–H and O–H groups in total. The summed E-state index contributed by atoms with van der Waals surface area (Å²) in [5.74, 6) is 1.50. The van der Waals surface area contributed by atoms with E-state index in [9.17, 15) is 9.59 Å². The summed E-state index contributed by atoms with van der Waals surface area (Å²) >= 11 is 0. The molecule has 2 fully saturated rings. The number of piperidine rings is 1. The molecular formula is C27H39N5O3. The number of nitrogens with zero attached hydrogens (tertiary/aromatic N) is 4. The van der Waals surface area contributed by atoms with Crippen molar-refractivity contribution in [3.8, 4) is 17.0 Å². The van der Waals surface area contributed by atoms with Gasteiger partial charge in [0.25, 0.3) is 5.56 Å². The van der Waals surface area contributed by atoms with E-state index >= 15 is 0 Å². The fourth-order valence-electron chi connectivity index (χ4n) is 5.18. The molecule has 2 aromatic rings. The second-order valence-electron chi connectivity index (χ2n) is 10.1. The van der Waals surface area contributed by atoms with Gasteiger partial charge in [0.15, 0.2) is 5.82 Å². The summed E-state index contributed by atoms with van der Waals surface area (Å²) in [6.45, 7) is 9.01. The van der Waals surface area contributed by atoms with Crippen molar-refractivity contribution in [1.29, 1.82) is 0 Å². The lowest BCUT2D eigenvalue weighted by Gasteiger charge is -2.27. The summed E-state index contributed by atoms with van der Waals surface area (Å²) in [5.41, 5.74) is 1.18. The topological polar surface area (TPSA) is 79.7 Å². The van der Waals surface area contributed by atoms with Crippen LogP contribution in [0.25, 0.3) is 11.3 Å². The highest BCUT2D eigenvalue weighted by Crippen LogP contribution is 2.26. The molecule has 2 saturated heterocycles. The number of likely N-dealkylation sites (tertiary alicyclic amines) is 1. The highest BCUT2D eigenvalue weighted by molar-refractivity contribution is 5.77. The molecule has 4 rings (SSSR count). The largest absolute Gasteiger partial charge is 0.497 e. The second-order valence-corrected chi connectivity index (χ2v) is 10.1. The molecule has 1 amide bonds. The maximum absolute atomic E-state index is 13.7. The molecule has 1 unspecified atom stereocenters. The van der Waals surface area contributed by atoms with Crippen molar-refractivity contribution in [2.75, 3.05) is 44.7 Å². The van der Waals surface area contributed by atoms with E-state index in [1.807, 2.05) is 38.1 Å². The highest BCUT2D eigenvalue weighted by atomic mass is 16.5. The number of carbonyl (C=O) groups is 1. The molecule has 2 aliphatic heterocycles. The van der Waals surface area contributed by atoms with E-state index in [0.29, 0.717) is 23.2 Å². The molecule has 1 atom stereocenters. The third-order valence-corrected chi connectivity index (χ3v) is 7.04. The highest BCUT2D eigenvalue weighted by Gasteiger charge is 2.27. The van der Waals surface area contributed by atoms with Crippen LogP contribution in [0.1, 0.15) is 46.0 Å². The van der Waals surface area contributed by atoms with Crippen molar-refractivity contribution in [2.24, 2.45) is 5.92 Å². The number of hydrogen-bond acceptors (Lipinski definition) is 6. The molecule has 3 heterocycles. The van der Waals surface area contributed by atoms with Crippen molar-refractivity contribution < 1.29 is 9.53 Å². The van der Waals surface area contributed by atoms with E-state index in [1.165, 1.54) is 32.4 Å². The Morgan fingerprint density at radius 3 is 2.74 bits per heavy atom. The molecule has 8 heteroatoms. The van der Waals surface area contributed by atoms with E-state index in [2.05, 4.69) is 20.1 Å². The van der Waals surface area contributed by atoms with Gasteiger partial charge >= 0.3 is 0 Å². The zero-order valence-corrected chi connectivity index (χ0v) is 21.3. The Morgan fingerprint density at radius 1 is 1.20 bits per heavy atom. The van der Waals surface area contributed by atoms with Gasteiger partial charge in [-0.2, -0.15) is 0 Å². The molecule has 0 bridgehead atoms. The third-order valence-electron chi connectivity index (χ3n) is 7.04. The first-order valence-electron chi connectivity index (χ1n) is 13.0. The summed E-state index contributed by atoms with van der Waals surface area (Å²) in [6, 6.07) is 7.49. The number of methoxy groups -OCH3 is 1. The van der Waals surface area contributed by atoms with Crippen molar-refractivity contribution >= 4 is 11.7 Å². The summed E-state index contributed by atoms with van der Waals surface area (Å²) in [7, 11) is 1.61. The van der Waals surface area contributed by atoms with Crippen molar-refractivity contribution in [3.63, 3.8) is 0 Å². The van der Waals surface area contributed by atoms with Gasteiger partial charge in [-0.05, 0) is 77.2 Å². The minimum absolute atomic E-state index is 0.000904. The number of ether oxygens (including phenoxy) is 1. The van der Waals surface area contributed by atoms with E-state index in [4.69, 9.17) is 4.74 Å². The van der Waals surface area contributed by atoms with Crippen LogP contribution in [-0.2, 0) is 11.3 Å². The van der Waals surface area contributed by atoms with Gasteiger partial charge in [0.2, 0.25) is 5.91 Å². The van der Waals surface area contributed by atoms with Crippen LogP contribution in [0.15, 0.2) is 35.3 Å². The minimum atomic E-state index is -0.221. The average Bonchev–Trinajstić information content (AvgIpc) is 3.33. The third kappa shape index (κ3) is 6.42. The van der Waals surface area contributed by atoms with Gasteiger partial charge in [-0.15, -0.1) is 0 Å². The van der Waals surface area contributed by atoms with E-state index < -0.39 is 0 Å². The number of anilines is 1. The number of benzene rings is 1. The first-order valence-corrected chi connectivity index (χ1v) is 13.0. The Balaban J connectivity index is 1.55. The number of nitrogens with one attached hydrogen (secondary N) is 1. The SMILES string of the molecule is COc1cccc(-c2cnc(N3CCC(CCN4CCCCC4)C3)c(=O)n2CC(=O)NC(C)C)c1. The van der Waals surface area contributed by atoms with E-state index in [0.717, 1.165) is 38.0 Å². The summed E-state index contributed by atoms with van der Waals surface area (Å²) in [6.07, 6.45) is 7.92. The molecular weight excluding hydrogens is 442 g/mol. The lowest BCUT2D eigenvalue weighted by atomic mass is 10.0. The van der Waals surface area contributed by atoms with Crippen LogP contribution in [0.3, 0.4) is 0 Å². The van der Waals surface area contributed by atoms with Gasteiger partial charge in [-0.3, -0.25) is 14.2 Å². The maximum Gasteiger partial charge on any atom is 0.294 e. The number of aromatic nitrogens is 2. The average molecular weight is 482 g/mol. The number of hydrogen-bond donors (Lipinski definition) is 1. The fraction of sp³-hybridized carbons (Fsp3) is 0.593. The molecule has 0 saturated carbocycles. The van der Waals surface area contributed by atoms with Crippen molar-refractivity contribution in [1.82, 2.24) is 19.8 Å². The van der Waals surface area contributed by atoms with Gasteiger partial charge in [0.1, 0.15) is 12.3 Å². The van der Waals surface area contributed by atoms with Crippen molar-refractivity contribution in [2.45, 2.75) is 58.5 Å². The predicted molar refractivity (Wildman–Crippen MR) is 139 cm³/mol. The Morgan fingerprint density at radius 2 is 2.00 bits per heavy atom. The Bertz CT molecular complexity index is 1060. The zero-order valence-electron chi connectivity index (χ0n) is 21.3. The molecule has 0 aliphatic carbocycles. The summed E-state index contributed by atoms with van der Waals surface area (Å²) in [5, 5.41) is 2.90. The van der Waals surface area contributed by atoms with Crippen LogP contribution in [0.5, 0.6) is 5.75 Å². The Hall–Kier alpha value is -2.87. The lowest BCUT2D eigenvalue weighted by molar-refractivity contribution is -0.122. The summed E-state index contributed by atoms with van der Waals surface area (Å²) in [4.78, 5) is 35.6. The van der Waals surface area contributed by atoms with Crippen LogP contribution < -0.4 is 20.5 Å². The molecule has 2 aliphatic rings. The first-order chi connectivity index (χ1) is 16.9. The van der Waals surface area contributed by atoms with Gasteiger partial charge < -0.3 is 19.9 Å². The Kier molecular flexibility index (Phi) is 8.44. The van der Waals surface area contributed by atoms with Crippen molar-refractivity contribution in [3.05, 3.63) is 40.8 Å². The Labute approximate surface area is 208 Å². The molecule has 35 heavy (non-hydrogen) atoms. The molecule has 1 aromatic heterocycles. The van der Waals surface area contributed by atoms with Crippen LogP contribution in [0.2, 0.25) is 0 Å². The number of rotatable bonds is 9. The second kappa shape index (κ2) is 11.7. The van der Waals surface area contributed by atoms with Gasteiger partial charge in [-0.25, -0.2) is 4.98 Å². The fourth-order valence-corrected chi connectivity index (χ4v) is 5.18. The smallest absolute Gasteiger partial charge is 0.294 e. The first kappa shape index (κ1) is 25.2. The normalized spacial score (nSPS) is 18.7. The van der Waals surface area contributed by atoms with Crippen LogP contribution in [-0.4, -0.2) is 66.2 Å². The van der Waals surface area contributed by atoms with Crippen LogP contribution >= 0.6 is 0 Å². The molecule has 190 valence electrons. The van der Waals surface area contributed by atoms with E-state index in [-0.39, 0.29) is 24.1 Å². The van der Waals surface area contributed by atoms with Gasteiger partial charge in [-0.1, -0.05) is 18.6 Å². The van der Waals surface area contributed by atoms with Gasteiger partial charge in [0, 0.05) is 24.7 Å². The molecule has 8 nitrogen and oxygen atoms in total. The quantitative estimate of drug-likeness (QED) is 0.593. The molecule has 1 aromatic carbocycles. The lowest BCUT2D eigenvalue weighted by Crippen LogP contribution is -2.39. The summed E-state index contributed by atoms with van der Waals surface area (Å²) < 4.78 is 6.92.